The molecule has 0 saturated heterocycles. The summed E-state index contributed by atoms with van der Waals surface area (Å²) in [5, 5.41) is 0. The van der Waals surface area contributed by atoms with Crippen LogP contribution in [0.4, 0.5) is 13.2 Å². The Hall–Kier alpha value is -1.51. The third kappa shape index (κ3) is 4.81. The maximum atomic E-state index is 12.7. The van der Waals surface area contributed by atoms with E-state index in [1.54, 1.807) is 12.1 Å². The van der Waals surface area contributed by atoms with E-state index in [1.807, 2.05) is 0 Å². The maximum absolute atomic E-state index is 12.7. The minimum absolute atomic E-state index is 0. The van der Waals surface area contributed by atoms with E-state index >= 15 is 0 Å². The van der Waals surface area contributed by atoms with Crippen LogP contribution < -0.4 is 0 Å². The first-order valence-corrected chi connectivity index (χ1v) is 9.95. The van der Waals surface area contributed by atoms with Crippen LogP contribution in [-0.2, 0) is 6.18 Å². The van der Waals surface area contributed by atoms with Gasteiger partial charge in [0.1, 0.15) is 0 Å². The lowest BCUT2D eigenvalue weighted by Gasteiger charge is -2.35. The summed E-state index contributed by atoms with van der Waals surface area (Å²) in [7, 11) is 0. The lowest BCUT2D eigenvalue weighted by Crippen LogP contribution is -2.23. The van der Waals surface area contributed by atoms with E-state index in [-0.39, 0.29) is 1.43 Å². The van der Waals surface area contributed by atoms with Crippen LogP contribution in [0.1, 0.15) is 70.8 Å². The molecule has 0 amide bonds. The standard InChI is InChI=1S/C23H29F3.H2/c1-2-3-4-17-5-7-18(8-6-17)19-9-11-20(12-10-19)21-13-15-22(16-14-21)23(24,25)26;/h2-3,11,13-19H,4-10,12H2,1H3;1H/b3-2+;. The molecule has 1 unspecified atom stereocenters. The van der Waals surface area contributed by atoms with Gasteiger partial charge in [0.2, 0.25) is 0 Å². The molecule has 2 aliphatic carbocycles. The number of allylic oxidation sites excluding steroid dienone is 4. The molecule has 1 aromatic rings. The monoisotopic (exact) mass is 364 g/mol. The second-order valence-corrected chi connectivity index (χ2v) is 7.92. The third-order valence-corrected chi connectivity index (χ3v) is 6.30. The number of alkyl halides is 3. The Morgan fingerprint density at radius 1 is 1.00 bits per heavy atom. The van der Waals surface area contributed by atoms with E-state index < -0.39 is 11.7 Å². The molecular weight excluding hydrogens is 333 g/mol. The second kappa shape index (κ2) is 8.45. The lowest BCUT2D eigenvalue weighted by molar-refractivity contribution is -0.137. The molecule has 0 aliphatic heterocycles. The lowest BCUT2D eigenvalue weighted by atomic mass is 9.70. The zero-order valence-corrected chi connectivity index (χ0v) is 15.6. The van der Waals surface area contributed by atoms with Crippen molar-refractivity contribution in [2.45, 2.75) is 64.5 Å². The minimum Gasteiger partial charge on any atom is -0.166 e. The number of halogens is 3. The summed E-state index contributed by atoms with van der Waals surface area (Å²) in [6, 6.07) is 5.66. The van der Waals surface area contributed by atoms with Gasteiger partial charge < -0.3 is 0 Å². The first kappa shape index (κ1) is 19.3. The first-order valence-electron chi connectivity index (χ1n) is 9.95. The first-order chi connectivity index (χ1) is 12.5. The number of benzene rings is 1. The second-order valence-electron chi connectivity index (χ2n) is 7.92. The minimum atomic E-state index is -4.25. The Bertz CT molecular complexity index is 635. The van der Waals surface area contributed by atoms with Crippen molar-refractivity contribution in [3.05, 3.63) is 53.6 Å². The van der Waals surface area contributed by atoms with Crippen LogP contribution in [0.15, 0.2) is 42.5 Å². The Kier molecular flexibility index (Phi) is 6.26. The van der Waals surface area contributed by atoms with Gasteiger partial charge in [0, 0.05) is 1.43 Å². The summed E-state index contributed by atoms with van der Waals surface area (Å²) >= 11 is 0. The molecule has 0 N–H and O–H groups in total. The van der Waals surface area contributed by atoms with Gasteiger partial charge in [-0.05, 0) is 99.3 Å². The molecule has 0 bridgehead atoms. The molecule has 1 saturated carbocycles. The van der Waals surface area contributed by atoms with Crippen LogP contribution in [0, 0.1) is 17.8 Å². The zero-order valence-electron chi connectivity index (χ0n) is 15.6. The van der Waals surface area contributed by atoms with Crippen molar-refractivity contribution in [2.24, 2.45) is 17.8 Å². The van der Waals surface area contributed by atoms with Crippen molar-refractivity contribution < 1.29 is 14.6 Å². The molecule has 0 heterocycles. The van der Waals surface area contributed by atoms with Crippen LogP contribution >= 0.6 is 0 Å². The Morgan fingerprint density at radius 3 is 2.23 bits per heavy atom. The molecule has 144 valence electrons. The molecule has 1 atom stereocenters. The molecule has 1 fully saturated rings. The van der Waals surface area contributed by atoms with E-state index in [0.717, 1.165) is 36.2 Å². The van der Waals surface area contributed by atoms with E-state index in [1.165, 1.54) is 56.2 Å². The molecular formula is C23H31F3. The SMILES string of the molecule is C/C=C/CC1CCC(C2CC=C(c3ccc(C(F)(F)F)cc3)CC2)CC1.[HH]. The van der Waals surface area contributed by atoms with Crippen molar-refractivity contribution in [3.63, 3.8) is 0 Å². The van der Waals surface area contributed by atoms with Crippen LogP contribution in [0.2, 0.25) is 0 Å². The van der Waals surface area contributed by atoms with Crippen LogP contribution in [0.5, 0.6) is 0 Å². The number of hydrogen-bond acceptors (Lipinski definition) is 0. The average molecular weight is 364 g/mol. The smallest absolute Gasteiger partial charge is 0.166 e. The van der Waals surface area contributed by atoms with E-state index in [9.17, 15) is 13.2 Å². The highest BCUT2D eigenvalue weighted by Gasteiger charge is 2.31. The van der Waals surface area contributed by atoms with Gasteiger partial charge >= 0.3 is 6.18 Å². The summed E-state index contributed by atoms with van der Waals surface area (Å²) in [6.07, 6.45) is 12.3. The van der Waals surface area contributed by atoms with Gasteiger partial charge in [0.05, 0.1) is 5.56 Å². The van der Waals surface area contributed by atoms with Gasteiger partial charge in [0.15, 0.2) is 0 Å². The summed E-state index contributed by atoms with van der Waals surface area (Å²) < 4.78 is 38.1. The van der Waals surface area contributed by atoms with Crippen molar-refractivity contribution in [3.8, 4) is 0 Å². The van der Waals surface area contributed by atoms with Gasteiger partial charge in [-0.2, -0.15) is 13.2 Å². The largest absolute Gasteiger partial charge is 0.416 e. The highest BCUT2D eigenvalue weighted by Crippen LogP contribution is 2.42. The predicted octanol–water partition coefficient (Wildman–Crippen LogP) is 7.91. The van der Waals surface area contributed by atoms with Crippen LogP contribution in [-0.4, -0.2) is 0 Å². The zero-order chi connectivity index (χ0) is 18.6. The summed E-state index contributed by atoms with van der Waals surface area (Å²) in [5.41, 5.74) is 1.61. The topological polar surface area (TPSA) is 0 Å². The van der Waals surface area contributed by atoms with Gasteiger partial charge in [-0.15, -0.1) is 0 Å². The molecule has 26 heavy (non-hydrogen) atoms. The third-order valence-electron chi connectivity index (χ3n) is 6.30. The highest BCUT2D eigenvalue weighted by molar-refractivity contribution is 5.66. The van der Waals surface area contributed by atoms with Gasteiger partial charge in [-0.3, -0.25) is 0 Å². The molecule has 0 radical (unpaired) electrons. The molecule has 3 heteroatoms. The van der Waals surface area contributed by atoms with Gasteiger partial charge in [-0.25, -0.2) is 0 Å². The van der Waals surface area contributed by atoms with Crippen molar-refractivity contribution >= 4 is 5.57 Å². The van der Waals surface area contributed by atoms with E-state index in [2.05, 4.69) is 25.2 Å². The number of hydrogen-bond donors (Lipinski definition) is 0. The molecule has 0 aromatic heterocycles. The Balaban J connectivity index is 0.00000261. The fraction of sp³-hybridized carbons (Fsp3) is 0.565. The van der Waals surface area contributed by atoms with Crippen LogP contribution in [0.3, 0.4) is 0 Å². The van der Waals surface area contributed by atoms with Gasteiger partial charge in [0.25, 0.3) is 0 Å². The molecule has 3 rings (SSSR count). The molecule has 0 nitrogen and oxygen atoms in total. The van der Waals surface area contributed by atoms with Crippen molar-refractivity contribution in [2.75, 3.05) is 0 Å². The molecule has 2 aliphatic rings. The Labute approximate surface area is 156 Å². The predicted molar refractivity (Wildman–Crippen MR) is 104 cm³/mol. The Morgan fingerprint density at radius 2 is 1.69 bits per heavy atom. The fourth-order valence-corrected chi connectivity index (χ4v) is 4.64. The normalized spacial score (nSPS) is 27.5. The van der Waals surface area contributed by atoms with E-state index in [0.29, 0.717) is 0 Å². The summed E-state index contributed by atoms with van der Waals surface area (Å²) in [6.45, 7) is 2.09. The maximum Gasteiger partial charge on any atom is 0.416 e. The van der Waals surface area contributed by atoms with E-state index in [4.69, 9.17) is 0 Å². The molecule has 0 spiro atoms. The highest BCUT2D eigenvalue weighted by atomic mass is 19.4. The summed E-state index contributed by atoms with van der Waals surface area (Å²) in [4.78, 5) is 0. The molecule has 1 aromatic carbocycles. The number of rotatable bonds is 4. The fourth-order valence-electron chi connectivity index (χ4n) is 4.64. The average Bonchev–Trinajstić information content (AvgIpc) is 2.66. The quantitative estimate of drug-likeness (QED) is 0.476. The van der Waals surface area contributed by atoms with Crippen molar-refractivity contribution in [1.29, 1.82) is 0 Å². The van der Waals surface area contributed by atoms with Crippen LogP contribution in [0.25, 0.3) is 5.57 Å². The summed E-state index contributed by atoms with van der Waals surface area (Å²) in [5.74, 6) is 2.46. The van der Waals surface area contributed by atoms with Gasteiger partial charge in [-0.1, -0.05) is 30.4 Å². The van der Waals surface area contributed by atoms with Crippen molar-refractivity contribution in [1.82, 2.24) is 0 Å².